The molecule has 0 unspecified atom stereocenters. The summed E-state index contributed by atoms with van der Waals surface area (Å²) in [6.45, 7) is 4.56. The van der Waals surface area contributed by atoms with Crippen LogP contribution in [-0.4, -0.2) is 51.8 Å². The molecule has 2 aromatic rings. The zero-order valence-electron chi connectivity index (χ0n) is 17.9. The second kappa shape index (κ2) is 12.0. The number of nitriles is 1. The fourth-order valence-electron chi connectivity index (χ4n) is 2.96. The molecule has 0 aliphatic carbocycles. The van der Waals surface area contributed by atoms with Gasteiger partial charge in [-0.25, -0.2) is 0 Å². The Morgan fingerprint density at radius 3 is 1.77 bits per heavy atom. The molecule has 0 spiro atoms. The highest BCUT2D eigenvalue weighted by molar-refractivity contribution is 5.40. The molecule has 0 bridgehead atoms. The predicted octanol–water partition coefficient (Wildman–Crippen LogP) is 4.01. The van der Waals surface area contributed by atoms with Gasteiger partial charge >= 0.3 is 0 Å². The Morgan fingerprint density at radius 1 is 0.806 bits per heavy atom. The van der Waals surface area contributed by atoms with E-state index in [9.17, 15) is 0 Å². The minimum absolute atomic E-state index is 0.249. The van der Waals surface area contributed by atoms with Crippen molar-refractivity contribution in [2.75, 3.05) is 46.2 Å². The Morgan fingerprint density at radius 2 is 1.29 bits per heavy atom. The maximum absolute atomic E-state index is 8.80. The number of nitrogens with zero attached hydrogens (tertiary/aromatic N) is 1. The summed E-state index contributed by atoms with van der Waals surface area (Å²) in [6.07, 6.45) is 1.08. The number of unbranched alkanes of at least 4 members (excludes halogenated alkanes) is 1. The molecule has 31 heavy (non-hydrogen) atoms. The summed E-state index contributed by atoms with van der Waals surface area (Å²) in [5.41, 5.74) is -0.740. The first-order valence-electron chi connectivity index (χ1n) is 10.5. The van der Waals surface area contributed by atoms with Crippen LogP contribution in [0.1, 0.15) is 19.8 Å². The second-order valence-electron chi connectivity index (χ2n) is 7.34. The Hall–Kier alpha value is -2.95. The van der Waals surface area contributed by atoms with Crippen LogP contribution in [0.15, 0.2) is 48.5 Å². The average Bonchev–Trinajstić information content (AvgIpc) is 2.79. The highest BCUT2D eigenvalue weighted by atomic mass is 16.6. The Bertz CT molecular complexity index is 794. The maximum Gasteiger partial charge on any atom is 0.161 e. The van der Waals surface area contributed by atoms with E-state index < -0.39 is 5.60 Å². The molecule has 1 aliphatic heterocycles. The molecule has 0 atom stereocenters. The molecule has 0 aromatic heterocycles. The lowest BCUT2D eigenvalue weighted by Gasteiger charge is -2.30. The fourth-order valence-corrected chi connectivity index (χ4v) is 2.96. The molecule has 7 nitrogen and oxygen atoms in total. The van der Waals surface area contributed by atoms with Crippen LogP contribution in [0.25, 0.3) is 0 Å². The summed E-state index contributed by atoms with van der Waals surface area (Å²) in [5.74, 6) is 2.55. The fraction of sp³-hybridized carbons (Fsp3) is 0.458. The smallest absolute Gasteiger partial charge is 0.161 e. The predicted molar refractivity (Wildman–Crippen MR) is 115 cm³/mol. The largest absolute Gasteiger partial charge is 0.487 e. The highest BCUT2D eigenvalue weighted by Gasteiger charge is 2.29. The van der Waals surface area contributed by atoms with Gasteiger partial charge in [0, 0.05) is 13.0 Å². The van der Waals surface area contributed by atoms with Gasteiger partial charge < -0.3 is 28.4 Å². The average molecular weight is 427 g/mol. The van der Waals surface area contributed by atoms with E-state index in [1.54, 1.807) is 0 Å². The van der Waals surface area contributed by atoms with Crippen molar-refractivity contribution in [3.05, 3.63) is 48.5 Å². The van der Waals surface area contributed by atoms with Gasteiger partial charge in [0.15, 0.2) is 23.0 Å². The van der Waals surface area contributed by atoms with Gasteiger partial charge in [-0.1, -0.05) is 24.3 Å². The third-order valence-electron chi connectivity index (χ3n) is 4.62. The number of rotatable bonds is 4. The summed E-state index contributed by atoms with van der Waals surface area (Å²) >= 11 is 0. The lowest BCUT2D eigenvalue weighted by atomic mass is 10.1. The van der Waals surface area contributed by atoms with Gasteiger partial charge in [-0.2, -0.15) is 5.26 Å². The van der Waals surface area contributed by atoms with Crippen LogP contribution in [-0.2, 0) is 9.47 Å². The summed E-state index contributed by atoms with van der Waals surface area (Å²) < 4.78 is 35.5. The van der Waals surface area contributed by atoms with Crippen molar-refractivity contribution < 1.29 is 28.4 Å². The Labute approximate surface area is 183 Å². The van der Waals surface area contributed by atoms with Crippen LogP contribution in [0.4, 0.5) is 0 Å². The molecule has 0 radical (unpaired) electrons. The molecule has 166 valence electrons. The van der Waals surface area contributed by atoms with Crippen molar-refractivity contribution in [2.24, 2.45) is 0 Å². The number of para-hydroxylation sites is 4. The minimum atomic E-state index is -0.740. The molecule has 0 fully saturated rings. The van der Waals surface area contributed by atoms with E-state index in [2.05, 4.69) is 6.07 Å². The van der Waals surface area contributed by atoms with Gasteiger partial charge in [0.25, 0.3) is 0 Å². The number of fused-ring (bicyclic) bond motifs is 2. The van der Waals surface area contributed by atoms with E-state index in [0.717, 1.165) is 0 Å². The lowest BCUT2D eigenvalue weighted by molar-refractivity contribution is -0.0856. The van der Waals surface area contributed by atoms with Crippen LogP contribution < -0.4 is 18.9 Å². The van der Waals surface area contributed by atoms with Crippen molar-refractivity contribution in [1.29, 1.82) is 5.26 Å². The molecule has 2 aromatic carbocycles. The van der Waals surface area contributed by atoms with Crippen LogP contribution in [0.5, 0.6) is 23.0 Å². The molecular weight excluding hydrogens is 398 g/mol. The van der Waals surface area contributed by atoms with Gasteiger partial charge in [0.05, 0.1) is 19.3 Å². The van der Waals surface area contributed by atoms with Crippen molar-refractivity contribution in [3.63, 3.8) is 0 Å². The molecule has 0 saturated carbocycles. The molecule has 3 rings (SSSR count). The first kappa shape index (κ1) is 22.7. The summed E-state index contributed by atoms with van der Waals surface area (Å²) in [7, 11) is 0. The monoisotopic (exact) mass is 427 g/mol. The number of benzene rings is 2. The topological polar surface area (TPSA) is 79.2 Å². The van der Waals surface area contributed by atoms with E-state index in [0.29, 0.717) is 68.9 Å². The van der Waals surface area contributed by atoms with E-state index in [1.807, 2.05) is 55.5 Å². The van der Waals surface area contributed by atoms with Crippen molar-refractivity contribution >= 4 is 0 Å². The quantitative estimate of drug-likeness (QED) is 0.682. The molecule has 0 amide bonds. The third-order valence-corrected chi connectivity index (χ3v) is 4.62. The Balaban J connectivity index is 1.77. The highest BCUT2D eigenvalue weighted by Crippen LogP contribution is 2.30. The first-order chi connectivity index (χ1) is 15.2. The zero-order chi connectivity index (χ0) is 21.8. The number of ether oxygens (including phenoxy) is 6. The molecular formula is C24H29NO6. The maximum atomic E-state index is 8.80. The SMILES string of the molecule is CC1(OCCCC#N)COc2ccccc2OCCOCCOc2ccccc2OC1. The van der Waals surface area contributed by atoms with E-state index in [1.165, 1.54) is 0 Å². The van der Waals surface area contributed by atoms with Crippen molar-refractivity contribution in [2.45, 2.75) is 25.4 Å². The summed E-state index contributed by atoms with van der Waals surface area (Å²) in [5, 5.41) is 8.80. The van der Waals surface area contributed by atoms with Gasteiger partial charge in [0.2, 0.25) is 0 Å². The van der Waals surface area contributed by atoms with E-state index in [-0.39, 0.29) is 13.2 Å². The van der Waals surface area contributed by atoms with Crippen LogP contribution >= 0.6 is 0 Å². The molecule has 7 heteroatoms. The summed E-state index contributed by atoms with van der Waals surface area (Å²) in [6, 6.07) is 17.2. The second-order valence-corrected chi connectivity index (χ2v) is 7.34. The van der Waals surface area contributed by atoms with Crippen LogP contribution in [0.2, 0.25) is 0 Å². The number of hydrogen-bond acceptors (Lipinski definition) is 7. The van der Waals surface area contributed by atoms with E-state index >= 15 is 0 Å². The number of hydrogen-bond donors (Lipinski definition) is 0. The first-order valence-corrected chi connectivity index (χ1v) is 10.5. The molecule has 1 aliphatic rings. The molecule has 1 heterocycles. The van der Waals surface area contributed by atoms with E-state index in [4.69, 9.17) is 33.7 Å². The van der Waals surface area contributed by atoms with Gasteiger partial charge in [-0.05, 0) is 37.6 Å². The molecule has 0 N–H and O–H groups in total. The standard InChI is InChI=1S/C24H29NO6/c1-24(31-13-7-6-12-25)18-29-22-10-4-2-8-20(22)27-16-14-26-15-17-28-21-9-3-5-11-23(21)30-19-24/h2-5,8-11H,6-7,13-19H2,1H3. The zero-order valence-corrected chi connectivity index (χ0v) is 17.9. The molecule has 0 saturated heterocycles. The van der Waals surface area contributed by atoms with Crippen molar-refractivity contribution in [3.8, 4) is 29.1 Å². The summed E-state index contributed by atoms with van der Waals surface area (Å²) in [4.78, 5) is 0. The van der Waals surface area contributed by atoms with Crippen LogP contribution in [0, 0.1) is 11.3 Å². The van der Waals surface area contributed by atoms with Crippen LogP contribution in [0.3, 0.4) is 0 Å². The third kappa shape index (κ3) is 7.35. The van der Waals surface area contributed by atoms with Gasteiger partial charge in [-0.3, -0.25) is 0 Å². The van der Waals surface area contributed by atoms with Gasteiger partial charge in [-0.15, -0.1) is 0 Å². The Kier molecular flexibility index (Phi) is 8.83. The lowest BCUT2D eigenvalue weighted by Crippen LogP contribution is -2.42. The van der Waals surface area contributed by atoms with Crippen molar-refractivity contribution in [1.82, 2.24) is 0 Å². The minimum Gasteiger partial charge on any atom is -0.487 e. The normalized spacial score (nSPS) is 16.8. The van der Waals surface area contributed by atoms with Gasteiger partial charge in [0.1, 0.15) is 32.0 Å².